The fraction of sp³-hybridized carbons (Fsp3) is 0.367. The van der Waals surface area contributed by atoms with Crippen molar-refractivity contribution < 1.29 is 13.6 Å². The van der Waals surface area contributed by atoms with Crippen LogP contribution in [-0.4, -0.2) is 34.9 Å². The number of thiophene rings is 1. The number of carbonyl (C=O) groups excluding carboxylic acids is 1. The number of hydrogen-bond donors (Lipinski definition) is 1. The van der Waals surface area contributed by atoms with Crippen molar-refractivity contribution in [2.45, 2.75) is 70.8 Å². The summed E-state index contributed by atoms with van der Waals surface area (Å²) in [6.45, 7) is 13.5. The summed E-state index contributed by atoms with van der Waals surface area (Å²) in [7, 11) is -1.91. The number of primary amides is 1. The lowest BCUT2D eigenvalue weighted by Crippen LogP contribution is -2.43. The van der Waals surface area contributed by atoms with E-state index in [1.165, 1.54) is 10.1 Å². The summed E-state index contributed by atoms with van der Waals surface area (Å²) in [5, 5.41) is 1.31. The van der Waals surface area contributed by atoms with Gasteiger partial charge in [0.15, 0.2) is 13.9 Å². The minimum absolute atomic E-state index is 0.0792. The van der Waals surface area contributed by atoms with Gasteiger partial charge in [0.2, 0.25) is 5.89 Å². The number of rotatable bonds is 9. The molecule has 204 valence electrons. The van der Waals surface area contributed by atoms with Crippen molar-refractivity contribution in [2.75, 3.05) is 0 Å². The molecule has 1 amide bonds. The largest absolute Gasteiger partial charge is 0.435 e. The Labute approximate surface area is 234 Å². The highest BCUT2D eigenvalue weighted by atomic mass is 32.1. The van der Waals surface area contributed by atoms with E-state index in [2.05, 4.69) is 70.0 Å². The molecule has 0 aliphatic heterocycles. The van der Waals surface area contributed by atoms with E-state index in [1.807, 2.05) is 28.8 Å². The van der Waals surface area contributed by atoms with Gasteiger partial charge in [0.1, 0.15) is 11.2 Å². The van der Waals surface area contributed by atoms with Crippen LogP contribution in [0.4, 0.5) is 0 Å². The second kappa shape index (κ2) is 10.4. The summed E-state index contributed by atoms with van der Waals surface area (Å²) >= 11 is 1.67. The summed E-state index contributed by atoms with van der Waals surface area (Å²) in [6, 6.07) is 16.3. The molecule has 5 aromatic rings. The Morgan fingerprint density at radius 1 is 1.15 bits per heavy atom. The normalized spacial score (nSPS) is 14.2. The van der Waals surface area contributed by atoms with Crippen molar-refractivity contribution >= 4 is 46.7 Å². The highest BCUT2D eigenvalue weighted by Gasteiger charge is 2.38. The fourth-order valence-corrected chi connectivity index (χ4v) is 7.12. The predicted octanol–water partition coefficient (Wildman–Crippen LogP) is 7.78. The zero-order valence-corrected chi connectivity index (χ0v) is 25.2. The number of oxazole rings is 1. The van der Waals surface area contributed by atoms with E-state index in [0.29, 0.717) is 5.89 Å². The summed E-state index contributed by atoms with van der Waals surface area (Å²) in [5.74, 6) is 0.0579. The molecule has 0 spiro atoms. The second-order valence-corrected chi connectivity index (χ2v) is 17.6. The number of benzene rings is 2. The molecule has 2 N–H and O–H groups in total. The molecule has 0 radical (unpaired) electrons. The van der Waals surface area contributed by atoms with Gasteiger partial charge in [-0.15, -0.1) is 11.3 Å². The quantitative estimate of drug-likeness (QED) is 0.186. The monoisotopic (exact) mass is 560 g/mol. The minimum Gasteiger partial charge on any atom is -0.435 e. The number of nitrogens with two attached hydrogens (primary N) is 1. The van der Waals surface area contributed by atoms with Crippen LogP contribution in [0.25, 0.3) is 32.0 Å². The van der Waals surface area contributed by atoms with Crippen molar-refractivity contribution in [1.82, 2.24) is 14.5 Å². The molecule has 0 aliphatic carbocycles. The van der Waals surface area contributed by atoms with Crippen LogP contribution in [0.5, 0.6) is 0 Å². The van der Waals surface area contributed by atoms with Crippen molar-refractivity contribution in [1.29, 1.82) is 0 Å². The van der Waals surface area contributed by atoms with Crippen LogP contribution in [-0.2, 0) is 4.43 Å². The highest BCUT2D eigenvalue weighted by molar-refractivity contribution is 7.22. The molecule has 5 rings (SSSR count). The van der Waals surface area contributed by atoms with Gasteiger partial charge in [-0.05, 0) is 61.5 Å². The lowest BCUT2D eigenvalue weighted by atomic mass is 9.99. The van der Waals surface area contributed by atoms with Gasteiger partial charge in [-0.1, -0.05) is 51.1 Å². The second-order valence-electron chi connectivity index (χ2n) is 11.7. The minimum atomic E-state index is -1.91. The SMILES string of the molecule is C[C@@H](CCC(c1cccc2nc(-c3cc4ccccc4s3)oc12)n1cnc(C(N)=O)c1)O[Si](C)(C)C(C)(C)C. The number of imidazole rings is 1. The van der Waals surface area contributed by atoms with Gasteiger partial charge >= 0.3 is 0 Å². The maximum atomic E-state index is 11.8. The molecule has 0 bridgehead atoms. The Morgan fingerprint density at radius 3 is 2.62 bits per heavy atom. The number of para-hydroxylation sites is 1. The maximum Gasteiger partial charge on any atom is 0.268 e. The number of nitrogens with zero attached hydrogens (tertiary/aromatic N) is 3. The first-order valence-electron chi connectivity index (χ1n) is 13.3. The molecule has 2 atom stereocenters. The molecule has 0 aliphatic rings. The Bertz CT molecular complexity index is 1600. The molecule has 7 nitrogen and oxygen atoms in total. The van der Waals surface area contributed by atoms with Crippen LogP contribution >= 0.6 is 11.3 Å². The van der Waals surface area contributed by atoms with Crippen LogP contribution in [0.1, 0.15) is 62.6 Å². The molecule has 3 heterocycles. The van der Waals surface area contributed by atoms with E-state index >= 15 is 0 Å². The number of hydrogen-bond acceptors (Lipinski definition) is 6. The molecule has 9 heteroatoms. The lowest BCUT2D eigenvalue weighted by molar-refractivity contribution is 0.0996. The Balaban J connectivity index is 1.50. The molecular weight excluding hydrogens is 525 g/mol. The topological polar surface area (TPSA) is 96.2 Å². The van der Waals surface area contributed by atoms with E-state index in [9.17, 15) is 4.79 Å². The zero-order valence-electron chi connectivity index (χ0n) is 23.4. The summed E-state index contributed by atoms with van der Waals surface area (Å²) in [5.41, 5.74) is 8.29. The van der Waals surface area contributed by atoms with E-state index in [4.69, 9.17) is 19.6 Å². The van der Waals surface area contributed by atoms with E-state index in [1.54, 1.807) is 23.9 Å². The first kappa shape index (κ1) is 27.3. The average Bonchev–Trinajstić information content (AvgIpc) is 3.60. The fourth-order valence-electron chi connectivity index (χ4n) is 4.66. The average molecular weight is 561 g/mol. The Morgan fingerprint density at radius 2 is 1.92 bits per heavy atom. The highest BCUT2D eigenvalue weighted by Crippen LogP contribution is 2.40. The Hall–Kier alpha value is -3.27. The first-order valence-corrected chi connectivity index (χ1v) is 17.0. The van der Waals surface area contributed by atoms with E-state index in [0.717, 1.165) is 34.4 Å². The van der Waals surface area contributed by atoms with Gasteiger partial charge in [0.25, 0.3) is 5.91 Å². The van der Waals surface area contributed by atoms with Gasteiger partial charge in [-0.2, -0.15) is 0 Å². The number of carbonyl (C=O) groups is 1. The molecule has 39 heavy (non-hydrogen) atoms. The molecular formula is C30H36N4O3SSi. The van der Waals surface area contributed by atoms with Crippen LogP contribution < -0.4 is 5.73 Å². The maximum absolute atomic E-state index is 11.8. The van der Waals surface area contributed by atoms with Crippen LogP contribution in [0.15, 0.2) is 65.5 Å². The third-order valence-corrected chi connectivity index (χ3v) is 13.5. The number of fused-ring (bicyclic) bond motifs is 2. The van der Waals surface area contributed by atoms with Gasteiger partial charge in [-0.25, -0.2) is 9.97 Å². The van der Waals surface area contributed by atoms with Crippen molar-refractivity contribution in [3.05, 3.63) is 72.3 Å². The van der Waals surface area contributed by atoms with Crippen LogP contribution in [0.2, 0.25) is 18.1 Å². The third kappa shape index (κ3) is 5.57. The van der Waals surface area contributed by atoms with Crippen LogP contribution in [0, 0.1) is 0 Å². The molecule has 0 saturated heterocycles. The predicted molar refractivity (Wildman–Crippen MR) is 161 cm³/mol. The van der Waals surface area contributed by atoms with Crippen molar-refractivity contribution in [3.8, 4) is 10.8 Å². The molecule has 2 aromatic carbocycles. The van der Waals surface area contributed by atoms with Gasteiger partial charge in [0, 0.05) is 22.6 Å². The van der Waals surface area contributed by atoms with E-state index < -0.39 is 14.2 Å². The molecule has 1 unspecified atom stereocenters. The number of aromatic nitrogens is 3. The Kier molecular flexibility index (Phi) is 7.26. The number of amides is 1. The summed E-state index contributed by atoms with van der Waals surface area (Å²) in [6.07, 6.45) is 5.06. The van der Waals surface area contributed by atoms with Gasteiger partial charge in [-0.3, -0.25) is 4.79 Å². The van der Waals surface area contributed by atoms with E-state index in [-0.39, 0.29) is 22.9 Å². The molecule has 3 aromatic heterocycles. The third-order valence-electron chi connectivity index (χ3n) is 7.80. The summed E-state index contributed by atoms with van der Waals surface area (Å²) < 4.78 is 16.3. The zero-order chi connectivity index (χ0) is 27.9. The molecule has 0 fully saturated rings. The smallest absolute Gasteiger partial charge is 0.268 e. The standard InChI is InChI=1S/C30H36N4O3SSi/c1-19(37-39(5,6)30(2,3)4)14-15-24(34-17-23(28(31)35)32-18-34)21-11-9-12-22-27(21)36-29(33-22)26-16-20-10-7-8-13-25(20)38-26/h7-13,16-19,24H,14-15H2,1-6H3,(H2,31,35)/t19-,24?/m0/s1. The van der Waals surface area contributed by atoms with Crippen molar-refractivity contribution in [2.24, 2.45) is 5.73 Å². The van der Waals surface area contributed by atoms with Gasteiger partial charge in [0.05, 0.1) is 17.2 Å². The summed E-state index contributed by atoms with van der Waals surface area (Å²) in [4.78, 5) is 21.9. The van der Waals surface area contributed by atoms with Crippen molar-refractivity contribution in [3.63, 3.8) is 0 Å². The lowest BCUT2D eigenvalue weighted by Gasteiger charge is -2.38. The molecule has 0 saturated carbocycles. The van der Waals surface area contributed by atoms with Gasteiger partial charge < -0.3 is 19.1 Å². The first-order chi connectivity index (χ1) is 18.4. The van der Waals surface area contributed by atoms with Crippen LogP contribution in [0.3, 0.4) is 0 Å².